The molecule has 0 aromatic carbocycles. The smallest absolute Gasteiger partial charge is 0.438 e. The molecule has 0 fully saturated rings. The summed E-state index contributed by atoms with van der Waals surface area (Å²) in [5.41, 5.74) is -3.36. The minimum Gasteiger partial charge on any atom is -0.438 e. The summed E-state index contributed by atoms with van der Waals surface area (Å²) in [5, 5.41) is 0. The zero-order valence-electron chi connectivity index (χ0n) is 10.9. The van der Waals surface area contributed by atoms with Crippen molar-refractivity contribution in [2.24, 2.45) is 0 Å². The van der Waals surface area contributed by atoms with Gasteiger partial charge in [-0.05, 0) is 20.8 Å². The first-order valence-corrected chi connectivity index (χ1v) is 5.19. The molecule has 0 radical (unpaired) electrons. The molecule has 0 aromatic rings. The number of rotatable bonds is 5. The topological polar surface area (TPSA) is 35.5 Å². The van der Waals surface area contributed by atoms with Gasteiger partial charge in [0.2, 0.25) is 0 Å². The van der Waals surface area contributed by atoms with Crippen molar-refractivity contribution in [1.82, 2.24) is 0 Å². The van der Waals surface area contributed by atoms with Crippen LogP contribution >= 0.6 is 0 Å². The first-order chi connectivity index (χ1) is 8.65. The van der Waals surface area contributed by atoms with Gasteiger partial charge in [-0.15, -0.1) is 0 Å². The number of methoxy groups -OCH3 is 1. The van der Waals surface area contributed by atoms with Crippen molar-refractivity contribution in [3.05, 3.63) is 0 Å². The summed E-state index contributed by atoms with van der Waals surface area (Å²) in [6.07, 6.45) is -5.32. The van der Waals surface area contributed by atoms with E-state index in [2.05, 4.69) is 9.47 Å². The fourth-order valence-electron chi connectivity index (χ4n) is 1.15. The largest absolute Gasteiger partial charge is 0.508 e. The van der Waals surface area contributed by atoms with Crippen molar-refractivity contribution in [1.29, 1.82) is 0 Å². The molecule has 0 rings (SSSR count). The van der Waals surface area contributed by atoms with Crippen molar-refractivity contribution in [2.75, 3.05) is 7.11 Å². The van der Waals surface area contributed by atoms with Gasteiger partial charge in [0.25, 0.3) is 0 Å². The molecule has 0 spiro atoms. The quantitative estimate of drug-likeness (QED) is 0.572. The number of hydrogen-bond acceptors (Lipinski definition) is 3. The normalized spacial score (nSPS) is 15.8. The number of ether oxygens (including phenoxy) is 2. The highest BCUT2D eigenvalue weighted by atomic mass is 19.3. The van der Waals surface area contributed by atoms with Gasteiger partial charge < -0.3 is 9.47 Å². The van der Waals surface area contributed by atoms with Crippen molar-refractivity contribution in [3.8, 4) is 0 Å². The van der Waals surface area contributed by atoms with E-state index in [0.717, 1.165) is 0 Å². The lowest BCUT2D eigenvalue weighted by atomic mass is 9.89. The minimum absolute atomic E-state index is 0.0121. The number of halogens is 7. The van der Waals surface area contributed by atoms with Gasteiger partial charge in [0, 0.05) is 0 Å². The summed E-state index contributed by atoms with van der Waals surface area (Å²) < 4.78 is 100. The lowest BCUT2D eigenvalue weighted by Gasteiger charge is -2.40. The van der Waals surface area contributed by atoms with Crippen molar-refractivity contribution in [3.63, 3.8) is 0 Å². The van der Waals surface area contributed by atoms with E-state index in [0.29, 0.717) is 7.11 Å². The van der Waals surface area contributed by atoms with Gasteiger partial charge in [-0.1, -0.05) is 0 Å². The Morgan fingerprint density at radius 3 is 1.70 bits per heavy atom. The molecule has 120 valence electrons. The fraction of sp³-hybridized carbons (Fsp3) is 0.900. The molecular formula is C10H13F7O3. The lowest BCUT2D eigenvalue weighted by Crippen LogP contribution is -2.66. The second-order valence-corrected chi connectivity index (χ2v) is 4.45. The van der Waals surface area contributed by atoms with Crippen LogP contribution in [0.15, 0.2) is 0 Å². The predicted octanol–water partition coefficient (Wildman–Crippen LogP) is 3.81. The Bertz CT molecular complexity index is 366. The molecule has 0 aliphatic rings. The predicted molar refractivity (Wildman–Crippen MR) is 53.0 cm³/mol. The second kappa shape index (κ2) is 5.28. The van der Waals surface area contributed by atoms with E-state index in [4.69, 9.17) is 0 Å². The zero-order valence-corrected chi connectivity index (χ0v) is 10.9. The molecular weight excluding hydrogens is 301 g/mol. The van der Waals surface area contributed by atoms with Gasteiger partial charge in [-0.3, -0.25) is 0 Å². The zero-order chi connectivity index (χ0) is 16.6. The standard InChI is InChI=1S/C10H13F7O3/c1-5(11)8(12,13)10(16,17)9(14,15)7(2,3)20-6(18)19-4/h5H,1-4H3. The van der Waals surface area contributed by atoms with Gasteiger partial charge in [0.1, 0.15) is 0 Å². The van der Waals surface area contributed by atoms with Crippen LogP contribution in [0.4, 0.5) is 35.5 Å². The molecule has 0 saturated carbocycles. The van der Waals surface area contributed by atoms with Crippen LogP contribution in [0.3, 0.4) is 0 Å². The van der Waals surface area contributed by atoms with Crippen molar-refractivity contribution < 1.29 is 45.0 Å². The molecule has 0 saturated heterocycles. The monoisotopic (exact) mass is 314 g/mol. The molecule has 1 atom stereocenters. The van der Waals surface area contributed by atoms with E-state index >= 15 is 0 Å². The summed E-state index contributed by atoms with van der Waals surface area (Å²) in [5.74, 6) is -17.3. The van der Waals surface area contributed by atoms with Gasteiger partial charge >= 0.3 is 23.9 Å². The van der Waals surface area contributed by atoms with Gasteiger partial charge in [-0.2, -0.15) is 26.3 Å². The Balaban J connectivity index is 5.65. The van der Waals surface area contributed by atoms with Crippen LogP contribution in [0, 0.1) is 0 Å². The maximum atomic E-state index is 13.6. The first kappa shape index (κ1) is 18.8. The Morgan fingerprint density at radius 2 is 1.40 bits per heavy atom. The summed E-state index contributed by atoms with van der Waals surface area (Å²) in [6, 6.07) is 0. The molecule has 0 N–H and O–H groups in total. The highest BCUT2D eigenvalue weighted by Gasteiger charge is 2.79. The molecule has 0 bridgehead atoms. The van der Waals surface area contributed by atoms with Crippen LogP contribution in [-0.2, 0) is 9.47 Å². The number of carbonyl (C=O) groups is 1. The third-order valence-electron chi connectivity index (χ3n) is 2.57. The maximum absolute atomic E-state index is 13.6. The average Bonchev–Trinajstić information content (AvgIpc) is 2.27. The van der Waals surface area contributed by atoms with E-state index < -0.39 is 35.7 Å². The molecule has 1 unspecified atom stereocenters. The van der Waals surface area contributed by atoms with E-state index in [1.807, 2.05) is 0 Å². The summed E-state index contributed by atoms with van der Waals surface area (Å²) in [7, 11) is 0.701. The van der Waals surface area contributed by atoms with Crippen LogP contribution in [0.5, 0.6) is 0 Å². The fourth-order valence-corrected chi connectivity index (χ4v) is 1.15. The molecule has 10 heteroatoms. The van der Waals surface area contributed by atoms with Crippen LogP contribution in [0.2, 0.25) is 0 Å². The molecule has 0 aromatic heterocycles. The Kier molecular flexibility index (Phi) is 4.96. The minimum atomic E-state index is -6.09. The summed E-state index contributed by atoms with van der Waals surface area (Å²) in [6.45, 7) is 0.561. The molecule has 0 aliphatic carbocycles. The average molecular weight is 314 g/mol. The van der Waals surface area contributed by atoms with Crippen molar-refractivity contribution in [2.45, 2.75) is 50.3 Å². The van der Waals surface area contributed by atoms with Crippen LogP contribution in [0.1, 0.15) is 20.8 Å². The molecule has 0 heterocycles. The Hall–Kier alpha value is -1.22. The SMILES string of the molecule is COC(=O)OC(C)(C)C(F)(F)C(F)(F)C(F)(F)C(C)F. The van der Waals surface area contributed by atoms with Crippen molar-refractivity contribution >= 4 is 6.16 Å². The highest BCUT2D eigenvalue weighted by molar-refractivity contribution is 5.60. The van der Waals surface area contributed by atoms with Gasteiger partial charge in [0.05, 0.1) is 7.11 Å². The van der Waals surface area contributed by atoms with E-state index in [1.54, 1.807) is 0 Å². The molecule has 0 amide bonds. The molecule has 20 heavy (non-hydrogen) atoms. The first-order valence-electron chi connectivity index (χ1n) is 5.19. The van der Waals surface area contributed by atoms with Crippen LogP contribution in [0.25, 0.3) is 0 Å². The number of hydrogen-bond donors (Lipinski definition) is 0. The number of carbonyl (C=O) groups excluding carboxylic acids is 1. The lowest BCUT2D eigenvalue weighted by molar-refractivity contribution is -0.359. The summed E-state index contributed by atoms with van der Waals surface area (Å²) in [4.78, 5) is 10.7. The van der Waals surface area contributed by atoms with E-state index in [-0.39, 0.29) is 20.8 Å². The Morgan fingerprint density at radius 1 is 1.00 bits per heavy atom. The summed E-state index contributed by atoms with van der Waals surface area (Å²) >= 11 is 0. The van der Waals surface area contributed by atoms with E-state index in [1.165, 1.54) is 0 Å². The van der Waals surface area contributed by atoms with Gasteiger partial charge in [-0.25, -0.2) is 9.18 Å². The van der Waals surface area contributed by atoms with Crippen LogP contribution < -0.4 is 0 Å². The van der Waals surface area contributed by atoms with Crippen LogP contribution in [-0.4, -0.2) is 42.8 Å². The third kappa shape index (κ3) is 2.78. The third-order valence-corrected chi connectivity index (χ3v) is 2.57. The Labute approximate surface area is 110 Å². The van der Waals surface area contributed by atoms with E-state index in [9.17, 15) is 35.5 Å². The van der Waals surface area contributed by atoms with Gasteiger partial charge in [0.15, 0.2) is 11.8 Å². The second-order valence-electron chi connectivity index (χ2n) is 4.45. The molecule has 3 nitrogen and oxygen atoms in total. The number of alkyl halides is 7. The molecule has 0 aliphatic heterocycles. The maximum Gasteiger partial charge on any atom is 0.508 e. The highest BCUT2D eigenvalue weighted by Crippen LogP contribution is 2.53.